The summed E-state index contributed by atoms with van der Waals surface area (Å²) >= 11 is 0. The molecule has 2 amide bonds. The van der Waals surface area contributed by atoms with E-state index >= 15 is 0 Å². The van der Waals surface area contributed by atoms with Crippen LogP contribution in [-0.2, 0) is 66.8 Å². The van der Waals surface area contributed by atoms with Crippen LogP contribution in [0.15, 0.2) is 24.3 Å². The van der Waals surface area contributed by atoms with Gasteiger partial charge in [-0.1, -0.05) is 0 Å². The van der Waals surface area contributed by atoms with Gasteiger partial charge in [0.15, 0.2) is 0 Å². The Hall–Kier alpha value is -5.34. The second kappa shape index (κ2) is 34.8. The number of hydrogen-bond donors (Lipinski definition) is 2. The van der Waals surface area contributed by atoms with Crippen LogP contribution in [-0.4, -0.2) is 281 Å². The summed E-state index contributed by atoms with van der Waals surface area (Å²) < 4.78 is 32.8. The number of anilines is 2. The Morgan fingerprint density at radius 2 is 0.500 bits per heavy atom. The zero-order valence-corrected chi connectivity index (χ0v) is 50.2. The summed E-state index contributed by atoms with van der Waals surface area (Å²) in [5.74, 6) is -2.90. The second-order valence-electron chi connectivity index (χ2n) is 23.1. The molecule has 2 heterocycles. The van der Waals surface area contributed by atoms with Crippen molar-refractivity contribution >= 4 is 59.0 Å². The standard InChI is InChI=1S/C56H96N10O14/c1-13-75-48(69)38-61-24-20-59(21-25-62(39-49(70)76-14-2)29-31-63(30-28-61)40-50(71)77-15-3)36-46(67)57-44-16-18-45(19-17-44)58-47(68)37-60-22-26-64(41-51(72)78-54(4,5)6)32-34-66(43-53(74)80-56(10,11)12)35-33-65(27-23-60)42-52(73)79-55(7,8)9/h16-19H,13-15,20-43H2,1-12H3,(H,57,67)(H,58,68). The molecule has 0 aromatic heterocycles. The third-order valence-electron chi connectivity index (χ3n) is 12.3. The van der Waals surface area contributed by atoms with Gasteiger partial charge in [-0.15, -0.1) is 0 Å². The Bertz CT molecular complexity index is 2030. The van der Waals surface area contributed by atoms with E-state index in [1.54, 1.807) is 45.0 Å². The molecule has 2 fully saturated rings. The van der Waals surface area contributed by atoms with Crippen LogP contribution in [0.5, 0.6) is 0 Å². The molecule has 2 saturated heterocycles. The van der Waals surface area contributed by atoms with E-state index in [2.05, 4.69) is 10.6 Å². The largest absolute Gasteiger partial charge is 0.465 e. The van der Waals surface area contributed by atoms with Gasteiger partial charge in [-0.2, -0.15) is 0 Å². The van der Waals surface area contributed by atoms with Crippen molar-refractivity contribution in [1.82, 2.24) is 39.2 Å². The fourth-order valence-corrected chi connectivity index (χ4v) is 8.70. The van der Waals surface area contributed by atoms with Gasteiger partial charge in [0.1, 0.15) is 16.8 Å². The van der Waals surface area contributed by atoms with Gasteiger partial charge < -0.3 is 39.1 Å². The molecule has 0 atom stereocenters. The molecule has 0 radical (unpaired) electrons. The van der Waals surface area contributed by atoms with E-state index in [1.165, 1.54) is 0 Å². The minimum absolute atomic E-state index is 0.00145. The maximum atomic E-state index is 13.8. The molecule has 24 nitrogen and oxygen atoms in total. The van der Waals surface area contributed by atoms with Crippen molar-refractivity contribution < 1.29 is 66.8 Å². The lowest BCUT2D eigenvalue weighted by Gasteiger charge is -2.34. The number of ether oxygens (including phenoxy) is 6. The molecule has 0 aliphatic carbocycles. The summed E-state index contributed by atoms with van der Waals surface area (Å²) in [6.07, 6.45) is 0. The molecule has 2 N–H and O–H groups in total. The van der Waals surface area contributed by atoms with Gasteiger partial charge >= 0.3 is 35.8 Å². The summed E-state index contributed by atoms with van der Waals surface area (Å²) in [7, 11) is 0. The van der Waals surface area contributed by atoms with Gasteiger partial charge in [0.25, 0.3) is 0 Å². The number of benzene rings is 1. The molecule has 0 spiro atoms. The maximum absolute atomic E-state index is 13.8. The van der Waals surface area contributed by atoms with Gasteiger partial charge in [0.05, 0.1) is 72.2 Å². The lowest BCUT2D eigenvalue weighted by molar-refractivity contribution is -0.158. The number of hydrogen-bond acceptors (Lipinski definition) is 22. The number of rotatable bonds is 21. The average Bonchev–Trinajstić information content (AvgIpc) is 3.32. The smallest absolute Gasteiger partial charge is 0.320 e. The third-order valence-corrected chi connectivity index (χ3v) is 12.3. The van der Waals surface area contributed by atoms with Crippen molar-refractivity contribution in [2.75, 3.05) is 188 Å². The first kappa shape index (κ1) is 68.9. The highest BCUT2D eigenvalue weighted by Crippen LogP contribution is 2.16. The van der Waals surface area contributed by atoms with Crippen LogP contribution in [0.1, 0.15) is 83.1 Å². The van der Waals surface area contributed by atoms with Gasteiger partial charge in [-0.3, -0.25) is 77.6 Å². The molecular formula is C56H96N10O14. The molecule has 80 heavy (non-hydrogen) atoms. The van der Waals surface area contributed by atoms with E-state index < -0.39 is 28.7 Å². The Morgan fingerprint density at radius 3 is 0.675 bits per heavy atom. The molecule has 0 unspecified atom stereocenters. The van der Waals surface area contributed by atoms with Crippen LogP contribution >= 0.6 is 0 Å². The molecule has 2 aliphatic heterocycles. The highest BCUT2D eigenvalue weighted by molar-refractivity contribution is 5.94. The Morgan fingerprint density at radius 1 is 0.325 bits per heavy atom. The fraction of sp³-hybridized carbons (Fsp3) is 0.750. The first-order valence-electron chi connectivity index (χ1n) is 28.2. The van der Waals surface area contributed by atoms with Crippen molar-refractivity contribution in [2.45, 2.75) is 99.9 Å². The Labute approximate surface area is 475 Å². The van der Waals surface area contributed by atoms with Crippen LogP contribution in [0.2, 0.25) is 0 Å². The molecule has 3 rings (SSSR count). The van der Waals surface area contributed by atoms with Crippen LogP contribution < -0.4 is 10.6 Å². The van der Waals surface area contributed by atoms with Crippen molar-refractivity contribution in [2.24, 2.45) is 0 Å². The van der Waals surface area contributed by atoms with E-state index in [-0.39, 0.29) is 108 Å². The molecule has 1 aromatic carbocycles. The van der Waals surface area contributed by atoms with Crippen LogP contribution in [0, 0.1) is 0 Å². The highest BCUT2D eigenvalue weighted by Gasteiger charge is 2.28. The number of carbonyl (C=O) groups is 8. The minimum atomic E-state index is -0.697. The lowest BCUT2D eigenvalue weighted by atomic mass is 10.2. The van der Waals surface area contributed by atoms with Gasteiger partial charge in [-0.05, 0) is 107 Å². The number of nitrogens with zero attached hydrogens (tertiary/aromatic N) is 8. The van der Waals surface area contributed by atoms with Gasteiger partial charge in [-0.25, -0.2) is 0 Å². The zero-order valence-electron chi connectivity index (χ0n) is 50.2. The Balaban J connectivity index is 1.77. The maximum Gasteiger partial charge on any atom is 0.320 e. The third kappa shape index (κ3) is 31.6. The second-order valence-corrected chi connectivity index (χ2v) is 23.1. The summed E-state index contributed by atoms with van der Waals surface area (Å²) in [5, 5.41) is 5.94. The average molecular weight is 1130 g/mol. The molecule has 0 saturated carbocycles. The van der Waals surface area contributed by atoms with Crippen molar-refractivity contribution in [3.63, 3.8) is 0 Å². The summed E-state index contributed by atoms with van der Waals surface area (Å²) in [5.41, 5.74) is -1.07. The molecule has 24 heteroatoms. The predicted octanol–water partition coefficient (Wildman–Crippen LogP) is 1.72. The normalized spacial score (nSPS) is 17.8. The summed E-state index contributed by atoms with van der Waals surface area (Å²) in [4.78, 5) is 121. The summed E-state index contributed by atoms with van der Waals surface area (Å²) in [6, 6.07) is 6.78. The number of esters is 6. The van der Waals surface area contributed by atoms with E-state index in [9.17, 15) is 38.4 Å². The first-order valence-corrected chi connectivity index (χ1v) is 28.2. The van der Waals surface area contributed by atoms with E-state index in [0.717, 1.165) is 0 Å². The first-order chi connectivity index (χ1) is 37.6. The van der Waals surface area contributed by atoms with Crippen molar-refractivity contribution in [3.8, 4) is 0 Å². The zero-order chi connectivity index (χ0) is 59.5. The Kier molecular flexibility index (Phi) is 30.0. The molecule has 1 aromatic rings. The van der Waals surface area contributed by atoms with E-state index in [4.69, 9.17) is 28.4 Å². The number of carbonyl (C=O) groups excluding carboxylic acids is 8. The fourth-order valence-electron chi connectivity index (χ4n) is 8.70. The SMILES string of the molecule is CCOC(=O)CN1CCN(CC(=O)Nc2ccc(NC(=O)CN3CCN(CC(=O)OC(C)(C)C)CCN(CC(=O)OC(C)(C)C)CCN(CC(=O)OC(C)(C)C)CC3)cc2)CCN(CC(=O)OCC)CCN(CC(=O)OCC)CC1. The van der Waals surface area contributed by atoms with Crippen LogP contribution in [0.3, 0.4) is 0 Å². The van der Waals surface area contributed by atoms with Crippen molar-refractivity contribution in [3.05, 3.63) is 24.3 Å². The lowest BCUT2D eigenvalue weighted by Crippen LogP contribution is -2.50. The van der Waals surface area contributed by atoms with Crippen LogP contribution in [0.25, 0.3) is 0 Å². The summed E-state index contributed by atoms with van der Waals surface area (Å²) in [6.45, 7) is 28.8. The molecule has 2 aliphatic rings. The van der Waals surface area contributed by atoms with E-state index in [0.29, 0.717) is 116 Å². The van der Waals surface area contributed by atoms with Crippen LogP contribution in [0.4, 0.5) is 11.4 Å². The minimum Gasteiger partial charge on any atom is -0.465 e. The number of amides is 2. The quantitative estimate of drug-likeness (QED) is 0.132. The molecule has 0 bridgehead atoms. The van der Waals surface area contributed by atoms with Crippen molar-refractivity contribution in [1.29, 1.82) is 0 Å². The molecule has 454 valence electrons. The molecular weight excluding hydrogens is 1040 g/mol. The topological polar surface area (TPSA) is 242 Å². The predicted molar refractivity (Wildman–Crippen MR) is 303 cm³/mol. The monoisotopic (exact) mass is 1130 g/mol. The van der Waals surface area contributed by atoms with Gasteiger partial charge in [0.2, 0.25) is 11.8 Å². The highest BCUT2D eigenvalue weighted by atomic mass is 16.6. The number of nitrogens with one attached hydrogen (secondary N) is 2. The van der Waals surface area contributed by atoms with Gasteiger partial charge in [0, 0.05) is 116 Å². The van der Waals surface area contributed by atoms with E-state index in [1.807, 2.05) is 102 Å².